The predicted molar refractivity (Wildman–Crippen MR) is 65.6 cm³/mol. The number of carbonyl (C=O) groups excluding carboxylic acids is 1. The third-order valence-electron chi connectivity index (χ3n) is 2.14. The molecule has 0 saturated heterocycles. The van der Waals surface area contributed by atoms with E-state index in [0.717, 1.165) is 5.56 Å². The molecule has 17 heavy (non-hydrogen) atoms. The summed E-state index contributed by atoms with van der Waals surface area (Å²) in [7, 11) is 0. The summed E-state index contributed by atoms with van der Waals surface area (Å²) >= 11 is 10.9. The van der Waals surface area contributed by atoms with Crippen LogP contribution in [0.1, 0.15) is 5.56 Å². The maximum atomic E-state index is 11.6. The van der Waals surface area contributed by atoms with Gasteiger partial charge in [-0.25, -0.2) is 4.79 Å². The highest BCUT2D eigenvalue weighted by atomic mass is 35.5. The number of Topliss-reactive ketones (excluding diaryl/α,β-unsaturated/α-hetero) is 1. The van der Waals surface area contributed by atoms with E-state index in [1.165, 1.54) is 0 Å². The molecule has 4 nitrogen and oxygen atoms in total. The van der Waals surface area contributed by atoms with E-state index in [1.54, 1.807) is 24.3 Å². The number of carbonyl (C=O) groups is 2. The van der Waals surface area contributed by atoms with E-state index < -0.39 is 22.8 Å². The first-order valence-electron chi connectivity index (χ1n) is 4.86. The van der Waals surface area contributed by atoms with E-state index in [-0.39, 0.29) is 6.42 Å². The van der Waals surface area contributed by atoms with Gasteiger partial charge in [-0.05, 0) is 12.0 Å². The molecule has 92 valence electrons. The van der Waals surface area contributed by atoms with Crippen molar-refractivity contribution in [2.45, 2.75) is 17.3 Å². The largest absolute Gasteiger partial charge is 0.465 e. The van der Waals surface area contributed by atoms with Crippen molar-refractivity contribution in [2.24, 2.45) is 0 Å². The Balaban J connectivity index is 2.77. The summed E-state index contributed by atoms with van der Waals surface area (Å²) < 4.78 is 0. The van der Waals surface area contributed by atoms with Crippen LogP contribution in [0.15, 0.2) is 30.3 Å². The monoisotopic (exact) mass is 275 g/mol. The molecule has 0 fully saturated rings. The second-order valence-corrected chi connectivity index (χ2v) is 4.49. The van der Waals surface area contributed by atoms with E-state index in [2.05, 4.69) is 5.32 Å². The number of benzene rings is 1. The topological polar surface area (TPSA) is 66.4 Å². The Morgan fingerprint density at radius 1 is 1.24 bits per heavy atom. The average Bonchev–Trinajstić information content (AvgIpc) is 2.28. The average molecular weight is 276 g/mol. The highest BCUT2D eigenvalue weighted by Gasteiger charge is 2.25. The summed E-state index contributed by atoms with van der Waals surface area (Å²) in [5.74, 6) is -0.556. The molecule has 1 amide bonds. The van der Waals surface area contributed by atoms with E-state index >= 15 is 0 Å². The van der Waals surface area contributed by atoms with Crippen molar-refractivity contribution < 1.29 is 14.7 Å². The quantitative estimate of drug-likeness (QED) is 0.810. The highest BCUT2D eigenvalue weighted by Crippen LogP contribution is 2.11. The van der Waals surface area contributed by atoms with Crippen LogP contribution >= 0.6 is 23.2 Å². The number of alkyl halides is 2. The molecule has 0 aromatic heterocycles. The number of halogens is 2. The van der Waals surface area contributed by atoms with Crippen LogP contribution in [0.25, 0.3) is 0 Å². The van der Waals surface area contributed by atoms with Crippen molar-refractivity contribution in [1.29, 1.82) is 0 Å². The summed E-state index contributed by atoms with van der Waals surface area (Å²) in [6, 6.07) is 8.08. The lowest BCUT2D eigenvalue weighted by Crippen LogP contribution is -2.43. The number of nitrogens with one attached hydrogen (secondary N) is 1. The maximum Gasteiger partial charge on any atom is 0.405 e. The van der Waals surface area contributed by atoms with Crippen LogP contribution in [0.3, 0.4) is 0 Å². The van der Waals surface area contributed by atoms with Gasteiger partial charge >= 0.3 is 6.09 Å². The molecular weight excluding hydrogens is 265 g/mol. The van der Waals surface area contributed by atoms with E-state index in [9.17, 15) is 9.59 Å². The van der Waals surface area contributed by atoms with Crippen LogP contribution in [0.2, 0.25) is 0 Å². The predicted octanol–water partition coefficient (Wildman–Crippen LogP) is 2.24. The molecule has 1 atom stereocenters. The molecule has 0 aliphatic carbocycles. The lowest BCUT2D eigenvalue weighted by Gasteiger charge is -2.16. The molecule has 0 saturated carbocycles. The zero-order valence-corrected chi connectivity index (χ0v) is 10.3. The molecule has 0 bridgehead atoms. The Hall–Kier alpha value is -1.26. The zero-order chi connectivity index (χ0) is 12.8. The van der Waals surface area contributed by atoms with Gasteiger partial charge in [-0.3, -0.25) is 4.79 Å². The van der Waals surface area contributed by atoms with Crippen LogP contribution in [0.5, 0.6) is 0 Å². The fraction of sp³-hybridized carbons (Fsp3) is 0.273. The van der Waals surface area contributed by atoms with Crippen molar-refractivity contribution in [3.63, 3.8) is 0 Å². The molecule has 0 heterocycles. The molecular formula is C11H11Cl2NO3. The van der Waals surface area contributed by atoms with Gasteiger partial charge in [0.1, 0.15) is 0 Å². The van der Waals surface area contributed by atoms with Crippen LogP contribution in [-0.4, -0.2) is 27.9 Å². The highest BCUT2D eigenvalue weighted by molar-refractivity contribution is 6.54. The summed E-state index contributed by atoms with van der Waals surface area (Å²) in [6.07, 6.45) is -1.06. The lowest BCUT2D eigenvalue weighted by atomic mass is 10.0. The fourth-order valence-corrected chi connectivity index (χ4v) is 1.68. The van der Waals surface area contributed by atoms with Crippen molar-refractivity contribution in [1.82, 2.24) is 5.32 Å². The fourth-order valence-electron chi connectivity index (χ4n) is 1.37. The molecule has 2 N–H and O–H groups in total. The van der Waals surface area contributed by atoms with E-state index in [4.69, 9.17) is 28.3 Å². The molecule has 0 spiro atoms. The van der Waals surface area contributed by atoms with Crippen molar-refractivity contribution >= 4 is 35.1 Å². The summed E-state index contributed by atoms with van der Waals surface area (Å²) in [5.41, 5.74) is 0.827. The minimum atomic E-state index is -1.28. The molecule has 0 aliphatic heterocycles. The summed E-state index contributed by atoms with van der Waals surface area (Å²) in [5, 5.41) is 10.8. The normalized spacial score (nSPS) is 12.2. The first kappa shape index (κ1) is 13.8. The number of carboxylic acid groups (broad SMARTS) is 1. The molecule has 0 aliphatic rings. The van der Waals surface area contributed by atoms with Gasteiger partial charge < -0.3 is 10.4 Å². The van der Waals surface area contributed by atoms with Gasteiger partial charge in [0.05, 0.1) is 6.04 Å². The smallest absolute Gasteiger partial charge is 0.405 e. The number of hydrogen-bond donors (Lipinski definition) is 2. The third kappa shape index (κ3) is 4.63. The first-order valence-corrected chi connectivity index (χ1v) is 5.73. The molecule has 1 rings (SSSR count). The van der Waals surface area contributed by atoms with Gasteiger partial charge in [-0.1, -0.05) is 53.5 Å². The Morgan fingerprint density at radius 2 is 1.82 bits per heavy atom. The van der Waals surface area contributed by atoms with Crippen molar-refractivity contribution in [2.75, 3.05) is 0 Å². The second-order valence-electron chi connectivity index (χ2n) is 3.39. The van der Waals surface area contributed by atoms with Gasteiger partial charge in [0.15, 0.2) is 10.6 Å². The number of hydrogen-bond acceptors (Lipinski definition) is 2. The first-order chi connectivity index (χ1) is 8.00. The number of amides is 1. The Morgan fingerprint density at radius 3 is 2.29 bits per heavy atom. The van der Waals surface area contributed by atoms with E-state index in [1.807, 2.05) is 6.07 Å². The second kappa shape index (κ2) is 6.47. The standard InChI is InChI=1S/C11H11Cl2NO3/c12-10(13)9(15)8(14-11(16)17)6-7-4-2-1-3-5-7/h1-5,8,10,14H,6H2,(H,16,17)/t8-/m1/s1. The third-order valence-corrected chi connectivity index (χ3v) is 2.57. The van der Waals surface area contributed by atoms with Crippen LogP contribution in [0, 0.1) is 0 Å². The Labute approximate surface area is 109 Å². The van der Waals surface area contributed by atoms with Crippen LogP contribution in [0.4, 0.5) is 4.79 Å². The summed E-state index contributed by atoms with van der Waals surface area (Å²) in [4.78, 5) is 20.9. The lowest BCUT2D eigenvalue weighted by molar-refractivity contribution is -0.119. The molecule has 0 radical (unpaired) electrons. The zero-order valence-electron chi connectivity index (χ0n) is 8.77. The van der Waals surface area contributed by atoms with Gasteiger partial charge in [-0.2, -0.15) is 0 Å². The van der Waals surface area contributed by atoms with Gasteiger partial charge in [0, 0.05) is 0 Å². The van der Waals surface area contributed by atoms with Gasteiger partial charge in [0.2, 0.25) is 0 Å². The Kier molecular flexibility index (Phi) is 5.25. The van der Waals surface area contributed by atoms with Gasteiger partial charge in [-0.15, -0.1) is 0 Å². The van der Waals surface area contributed by atoms with Crippen molar-refractivity contribution in [3.8, 4) is 0 Å². The van der Waals surface area contributed by atoms with Gasteiger partial charge in [0.25, 0.3) is 0 Å². The minimum absolute atomic E-state index is 0.224. The molecule has 1 aromatic carbocycles. The van der Waals surface area contributed by atoms with Crippen LogP contribution in [-0.2, 0) is 11.2 Å². The van der Waals surface area contributed by atoms with E-state index in [0.29, 0.717) is 0 Å². The molecule has 6 heteroatoms. The number of ketones is 1. The number of rotatable bonds is 5. The summed E-state index contributed by atoms with van der Waals surface area (Å²) in [6.45, 7) is 0. The minimum Gasteiger partial charge on any atom is -0.465 e. The van der Waals surface area contributed by atoms with Crippen molar-refractivity contribution in [3.05, 3.63) is 35.9 Å². The molecule has 0 unspecified atom stereocenters. The molecule has 1 aromatic rings. The van der Waals surface area contributed by atoms with Crippen LogP contribution < -0.4 is 5.32 Å². The SMILES string of the molecule is O=C(O)N[C@H](Cc1ccccc1)C(=O)C(Cl)Cl. The maximum absolute atomic E-state index is 11.6. The Bertz CT molecular complexity index is 395.